The van der Waals surface area contributed by atoms with Crippen molar-refractivity contribution in [1.82, 2.24) is 0 Å². The zero-order chi connectivity index (χ0) is 23.8. The van der Waals surface area contributed by atoms with E-state index in [0.717, 1.165) is 48.5 Å². The number of carbonyl (C=O) groups is 3. The maximum atomic E-state index is 13.4. The van der Waals surface area contributed by atoms with Gasteiger partial charge in [0.2, 0.25) is 0 Å². The summed E-state index contributed by atoms with van der Waals surface area (Å²) in [6.45, 7) is 3.70. The van der Waals surface area contributed by atoms with Gasteiger partial charge < -0.3 is 16.0 Å². The highest BCUT2D eigenvalue weighted by molar-refractivity contribution is 6.34. The number of piperidine rings is 1. The SMILES string of the molecule is Cc1ccc(NC(=O)c2cc(N3C(=O)c4ccc(N)cc4C3=O)ccc2N2CCCCC2)cc1. The van der Waals surface area contributed by atoms with Crippen molar-refractivity contribution in [2.75, 3.05) is 33.9 Å². The highest BCUT2D eigenvalue weighted by atomic mass is 16.2. The van der Waals surface area contributed by atoms with Gasteiger partial charge >= 0.3 is 0 Å². The Hall–Kier alpha value is -4.13. The summed E-state index contributed by atoms with van der Waals surface area (Å²) in [7, 11) is 0. The number of aryl methyl sites for hydroxylation is 1. The largest absolute Gasteiger partial charge is 0.399 e. The van der Waals surface area contributed by atoms with Crippen molar-refractivity contribution >= 4 is 40.5 Å². The molecule has 2 aliphatic heterocycles. The third-order valence-electron chi connectivity index (χ3n) is 6.40. The van der Waals surface area contributed by atoms with Crippen LogP contribution in [0.5, 0.6) is 0 Å². The van der Waals surface area contributed by atoms with E-state index < -0.39 is 11.8 Å². The standard InChI is InChI=1S/C27H26N4O3/c1-17-5-8-19(9-6-17)29-25(32)23-16-20(10-12-24(23)30-13-3-2-4-14-30)31-26(33)21-11-7-18(28)15-22(21)27(31)34/h5-12,15-16H,2-4,13-14,28H2,1H3,(H,29,32). The van der Waals surface area contributed by atoms with Crippen LogP contribution in [0.1, 0.15) is 55.9 Å². The fraction of sp³-hybridized carbons (Fsp3) is 0.222. The van der Waals surface area contributed by atoms with Gasteiger partial charge in [0.25, 0.3) is 17.7 Å². The van der Waals surface area contributed by atoms with Crippen LogP contribution in [0.4, 0.5) is 22.7 Å². The van der Waals surface area contributed by atoms with Gasteiger partial charge in [0.05, 0.1) is 22.4 Å². The molecule has 0 aromatic heterocycles. The minimum Gasteiger partial charge on any atom is -0.399 e. The third-order valence-corrected chi connectivity index (χ3v) is 6.40. The molecule has 0 unspecified atom stereocenters. The summed E-state index contributed by atoms with van der Waals surface area (Å²) in [5, 5.41) is 2.96. The average molecular weight is 455 g/mol. The number of nitrogens with zero attached hydrogens (tertiary/aromatic N) is 2. The molecule has 0 bridgehead atoms. The molecular formula is C27H26N4O3. The number of nitrogen functional groups attached to an aromatic ring is 1. The lowest BCUT2D eigenvalue weighted by molar-refractivity contribution is 0.0924. The van der Waals surface area contributed by atoms with Gasteiger partial charge in [-0.1, -0.05) is 17.7 Å². The van der Waals surface area contributed by atoms with Gasteiger partial charge in [0.1, 0.15) is 0 Å². The molecular weight excluding hydrogens is 428 g/mol. The van der Waals surface area contributed by atoms with Crippen molar-refractivity contribution in [2.45, 2.75) is 26.2 Å². The molecule has 0 atom stereocenters. The number of benzene rings is 3. The van der Waals surface area contributed by atoms with Crippen LogP contribution in [0.15, 0.2) is 60.7 Å². The van der Waals surface area contributed by atoms with Gasteiger partial charge in [0, 0.05) is 30.2 Å². The Labute approximate surface area is 198 Å². The number of hydrogen-bond donors (Lipinski definition) is 2. The number of fused-ring (bicyclic) bond motifs is 1. The first-order chi connectivity index (χ1) is 16.4. The number of anilines is 4. The molecule has 3 aromatic rings. The van der Waals surface area contributed by atoms with Gasteiger partial charge in [-0.3, -0.25) is 14.4 Å². The summed E-state index contributed by atoms with van der Waals surface area (Å²) in [6, 6.07) is 17.5. The van der Waals surface area contributed by atoms with Crippen LogP contribution in [0.25, 0.3) is 0 Å². The molecule has 34 heavy (non-hydrogen) atoms. The Bertz CT molecular complexity index is 1290. The third kappa shape index (κ3) is 3.90. The van der Waals surface area contributed by atoms with Crippen molar-refractivity contribution in [2.24, 2.45) is 0 Å². The second-order valence-electron chi connectivity index (χ2n) is 8.82. The number of imide groups is 1. The number of rotatable bonds is 4. The molecule has 172 valence electrons. The smallest absolute Gasteiger partial charge is 0.266 e. The molecule has 7 nitrogen and oxygen atoms in total. The normalized spacial score (nSPS) is 15.4. The fourth-order valence-electron chi connectivity index (χ4n) is 4.58. The maximum Gasteiger partial charge on any atom is 0.266 e. The lowest BCUT2D eigenvalue weighted by Crippen LogP contribution is -2.33. The van der Waals surface area contributed by atoms with Gasteiger partial charge in [-0.05, 0) is 74.7 Å². The first kappa shape index (κ1) is 21.7. The van der Waals surface area contributed by atoms with E-state index >= 15 is 0 Å². The average Bonchev–Trinajstić information content (AvgIpc) is 3.09. The number of amides is 3. The second-order valence-corrected chi connectivity index (χ2v) is 8.82. The summed E-state index contributed by atoms with van der Waals surface area (Å²) in [4.78, 5) is 42.9. The van der Waals surface area contributed by atoms with Crippen LogP contribution < -0.4 is 20.9 Å². The maximum absolute atomic E-state index is 13.4. The number of hydrogen-bond acceptors (Lipinski definition) is 5. The highest BCUT2D eigenvalue weighted by Crippen LogP contribution is 2.34. The van der Waals surface area contributed by atoms with Crippen molar-refractivity contribution in [3.63, 3.8) is 0 Å². The molecule has 0 radical (unpaired) electrons. The molecule has 3 aromatic carbocycles. The molecule has 0 spiro atoms. The van der Waals surface area contributed by atoms with Crippen molar-refractivity contribution in [3.8, 4) is 0 Å². The molecule has 7 heteroatoms. The lowest BCUT2D eigenvalue weighted by Gasteiger charge is -2.31. The Morgan fingerprint density at radius 2 is 1.56 bits per heavy atom. The summed E-state index contributed by atoms with van der Waals surface area (Å²) in [6.07, 6.45) is 3.28. The summed E-state index contributed by atoms with van der Waals surface area (Å²) < 4.78 is 0. The summed E-state index contributed by atoms with van der Waals surface area (Å²) >= 11 is 0. The van der Waals surface area contributed by atoms with Crippen molar-refractivity contribution in [3.05, 3.63) is 82.9 Å². The fourth-order valence-corrected chi connectivity index (χ4v) is 4.58. The lowest BCUT2D eigenvalue weighted by atomic mass is 10.0. The van der Waals surface area contributed by atoms with E-state index in [4.69, 9.17) is 5.73 Å². The molecule has 1 saturated heterocycles. The second kappa shape index (κ2) is 8.67. The first-order valence-electron chi connectivity index (χ1n) is 11.5. The monoisotopic (exact) mass is 454 g/mol. The molecule has 2 heterocycles. The topological polar surface area (TPSA) is 95.7 Å². The van der Waals surface area contributed by atoms with E-state index in [1.807, 2.05) is 37.3 Å². The molecule has 0 aliphatic carbocycles. The van der Waals surface area contributed by atoms with Crippen molar-refractivity contribution < 1.29 is 14.4 Å². The number of nitrogens with one attached hydrogen (secondary N) is 1. The zero-order valence-electron chi connectivity index (χ0n) is 19.0. The Morgan fingerprint density at radius 1 is 0.853 bits per heavy atom. The summed E-state index contributed by atoms with van der Waals surface area (Å²) in [5.41, 5.74) is 10.2. The van der Waals surface area contributed by atoms with Gasteiger partial charge in [-0.15, -0.1) is 0 Å². The number of nitrogens with two attached hydrogens (primary N) is 1. The van der Waals surface area contributed by atoms with E-state index in [1.165, 1.54) is 6.07 Å². The van der Waals surface area contributed by atoms with Crippen molar-refractivity contribution in [1.29, 1.82) is 0 Å². The predicted octanol–water partition coefficient (Wildman–Crippen LogP) is 4.62. The molecule has 1 fully saturated rings. The number of carbonyl (C=O) groups excluding carboxylic acids is 3. The van der Waals surface area contributed by atoms with Crippen LogP contribution >= 0.6 is 0 Å². The minimum absolute atomic E-state index is 0.274. The molecule has 2 aliphatic rings. The quantitative estimate of drug-likeness (QED) is 0.443. The van der Waals surface area contributed by atoms with Crippen LogP contribution in [-0.2, 0) is 0 Å². The van der Waals surface area contributed by atoms with Crippen LogP contribution in [0.3, 0.4) is 0 Å². The van der Waals surface area contributed by atoms with Gasteiger partial charge in [-0.25, -0.2) is 4.90 Å². The van der Waals surface area contributed by atoms with Crippen LogP contribution in [0.2, 0.25) is 0 Å². The van der Waals surface area contributed by atoms with E-state index in [0.29, 0.717) is 28.2 Å². The Morgan fingerprint density at radius 3 is 2.29 bits per heavy atom. The van der Waals surface area contributed by atoms with Gasteiger partial charge in [-0.2, -0.15) is 0 Å². The first-order valence-corrected chi connectivity index (χ1v) is 11.5. The van der Waals surface area contributed by atoms with Crippen LogP contribution in [0, 0.1) is 6.92 Å². The van der Waals surface area contributed by atoms with E-state index in [2.05, 4.69) is 10.2 Å². The van der Waals surface area contributed by atoms with E-state index in [-0.39, 0.29) is 11.5 Å². The van der Waals surface area contributed by atoms with E-state index in [9.17, 15) is 14.4 Å². The highest BCUT2D eigenvalue weighted by Gasteiger charge is 2.37. The van der Waals surface area contributed by atoms with E-state index in [1.54, 1.807) is 24.3 Å². The van der Waals surface area contributed by atoms with Crippen LogP contribution in [-0.4, -0.2) is 30.8 Å². The molecule has 3 N–H and O–H groups in total. The molecule has 5 rings (SSSR count). The Balaban J connectivity index is 1.53. The molecule has 3 amide bonds. The van der Waals surface area contributed by atoms with Gasteiger partial charge in [0.15, 0.2) is 0 Å². The molecule has 0 saturated carbocycles. The summed E-state index contributed by atoms with van der Waals surface area (Å²) in [5.74, 6) is -1.15. The predicted molar refractivity (Wildman–Crippen MR) is 134 cm³/mol. The Kier molecular flexibility index (Phi) is 5.53. The minimum atomic E-state index is -0.442. The zero-order valence-corrected chi connectivity index (χ0v) is 19.0.